The second-order valence-electron chi connectivity index (χ2n) is 3.01. The molecule has 16 heavy (non-hydrogen) atoms. The van der Waals surface area contributed by atoms with Crippen molar-refractivity contribution in [2.75, 3.05) is 26.3 Å². The molecule has 92 valence electrons. The predicted octanol–water partition coefficient (Wildman–Crippen LogP) is -1.17. The summed E-state index contributed by atoms with van der Waals surface area (Å²) in [6.45, 7) is 3.70. The number of carboxylic acids is 1. The summed E-state index contributed by atoms with van der Waals surface area (Å²) in [4.78, 5) is 10.8. The van der Waals surface area contributed by atoms with Crippen LogP contribution >= 0.6 is 0 Å². The van der Waals surface area contributed by atoms with Gasteiger partial charge in [-0.1, -0.05) is 0 Å². The molecular formula is C8H17N5O3. The summed E-state index contributed by atoms with van der Waals surface area (Å²) in [6.07, 6.45) is 0. The highest BCUT2D eigenvalue weighted by Gasteiger charge is 2.13. The van der Waals surface area contributed by atoms with Gasteiger partial charge in [0.25, 0.3) is 5.97 Å². The lowest BCUT2D eigenvalue weighted by Crippen LogP contribution is -2.50. The van der Waals surface area contributed by atoms with Crippen molar-refractivity contribution in [1.82, 2.24) is 10.2 Å². The number of guanidine groups is 2. The van der Waals surface area contributed by atoms with Crippen LogP contribution in [0.25, 0.3) is 0 Å². The standard InChI is InChI=1S/C6H13N5O.C2H4O2/c7-5(8)10-6(9)11-1-3-12-4-2-11;1-2(3)4/h1-4H2,(H5,7,8,9,10);1H3,(H,3,4). The monoisotopic (exact) mass is 231 g/mol. The molecule has 1 saturated heterocycles. The highest BCUT2D eigenvalue weighted by molar-refractivity contribution is 5.94. The van der Waals surface area contributed by atoms with Gasteiger partial charge in [0.15, 0.2) is 11.9 Å². The Kier molecular flexibility index (Phi) is 6.61. The van der Waals surface area contributed by atoms with Gasteiger partial charge >= 0.3 is 0 Å². The molecule has 1 aliphatic rings. The predicted molar refractivity (Wildman–Crippen MR) is 58.5 cm³/mol. The number of morpholine rings is 1. The number of nitrogens with one attached hydrogen (secondary N) is 3. The second-order valence-corrected chi connectivity index (χ2v) is 3.01. The minimum atomic E-state index is -0.833. The van der Waals surface area contributed by atoms with E-state index in [4.69, 9.17) is 31.2 Å². The van der Waals surface area contributed by atoms with Gasteiger partial charge in [0, 0.05) is 20.0 Å². The third-order valence-corrected chi connectivity index (χ3v) is 1.58. The first kappa shape index (κ1) is 14.2. The molecule has 1 fully saturated rings. The van der Waals surface area contributed by atoms with Crippen LogP contribution in [-0.4, -0.2) is 54.2 Å². The van der Waals surface area contributed by atoms with Crippen LogP contribution in [0, 0.1) is 10.8 Å². The molecule has 0 aromatic heterocycles. The van der Waals surface area contributed by atoms with Crippen molar-refractivity contribution < 1.29 is 14.6 Å². The summed E-state index contributed by atoms with van der Waals surface area (Å²) in [7, 11) is 0. The van der Waals surface area contributed by atoms with Gasteiger partial charge in [-0.25, -0.2) is 0 Å². The Morgan fingerprint density at radius 2 is 1.88 bits per heavy atom. The first-order chi connectivity index (χ1) is 7.43. The van der Waals surface area contributed by atoms with Crippen molar-refractivity contribution in [1.29, 1.82) is 10.8 Å². The van der Waals surface area contributed by atoms with E-state index in [0.29, 0.717) is 26.3 Å². The van der Waals surface area contributed by atoms with Crippen molar-refractivity contribution in [2.24, 2.45) is 5.73 Å². The number of nitrogens with zero attached hydrogens (tertiary/aromatic N) is 1. The molecule has 1 aliphatic heterocycles. The van der Waals surface area contributed by atoms with E-state index >= 15 is 0 Å². The van der Waals surface area contributed by atoms with E-state index in [1.165, 1.54) is 0 Å². The topological polar surface area (TPSA) is 136 Å². The summed E-state index contributed by atoms with van der Waals surface area (Å²) < 4.78 is 5.10. The molecule has 0 aromatic carbocycles. The average Bonchev–Trinajstić information content (AvgIpc) is 2.17. The van der Waals surface area contributed by atoms with Crippen molar-refractivity contribution >= 4 is 17.9 Å². The van der Waals surface area contributed by atoms with E-state index in [0.717, 1.165) is 6.92 Å². The fraction of sp³-hybridized carbons (Fsp3) is 0.625. The van der Waals surface area contributed by atoms with Gasteiger partial charge in [-0.2, -0.15) is 0 Å². The number of carboxylic acid groups (broad SMARTS) is 1. The zero-order valence-corrected chi connectivity index (χ0v) is 9.12. The van der Waals surface area contributed by atoms with E-state index in [1.807, 2.05) is 0 Å². The van der Waals surface area contributed by atoms with Gasteiger partial charge in [-0.15, -0.1) is 0 Å². The Morgan fingerprint density at radius 3 is 2.25 bits per heavy atom. The van der Waals surface area contributed by atoms with Crippen molar-refractivity contribution in [3.05, 3.63) is 0 Å². The Bertz CT molecular complexity index is 258. The van der Waals surface area contributed by atoms with Crippen LogP contribution < -0.4 is 11.1 Å². The van der Waals surface area contributed by atoms with Crippen molar-refractivity contribution in [3.8, 4) is 0 Å². The molecule has 8 heteroatoms. The number of ether oxygens (including phenoxy) is 1. The maximum Gasteiger partial charge on any atom is 0.300 e. The van der Waals surface area contributed by atoms with Crippen LogP contribution in [0.5, 0.6) is 0 Å². The lowest BCUT2D eigenvalue weighted by Gasteiger charge is -2.28. The second kappa shape index (κ2) is 7.46. The van der Waals surface area contributed by atoms with Gasteiger partial charge in [0.05, 0.1) is 13.2 Å². The Morgan fingerprint density at radius 1 is 1.44 bits per heavy atom. The number of rotatable bonds is 0. The SMILES string of the molecule is CC(=O)O.N=C(N)NC(=N)N1CCOCC1. The molecule has 0 aliphatic carbocycles. The first-order valence-corrected chi connectivity index (χ1v) is 4.65. The van der Waals surface area contributed by atoms with Crippen LogP contribution in [0.2, 0.25) is 0 Å². The number of carbonyl (C=O) groups is 1. The van der Waals surface area contributed by atoms with Crippen LogP contribution in [0.3, 0.4) is 0 Å². The highest BCUT2D eigenvalue weighted by atomic mass is 16.5. The molecule has 0 bridgehead atoms. The number of aliphatic carboxylic acids is 1. The van der Waals surface area contributed by atoms with Crippen LogP contribution in [0.4, 0.5) is 0 Å². The fourth-order valence-electron chi connectivity index (χ4n) is 0.994. The molecule has 8 nitrogen and oxygen atoms in total. The quantitative estimate of drug-likeness (QED) is 0.263. The third kappa shape index (κ3) is 7.56. The van der Waals surface area contributed by atoms with E-state index in [9.17, 15) is 0 Å². The normalized spacial score (nSPS) is 14.4. The summed E-state index contributed by atoms with van der Waals surface area (Å²) in [6, 6.07) is 0. The molecular weight excluding hydrogens is 214 g/mol. The van der Waals surface area contributed by atoms with Crippen LogP contribution in [-0.2, 0) is 9.53 Å². The molecule has 1 rings (SSSR count). The highest BCUT2D eigenvalue weighted by Crippen LogP contribution is 1.95. The van der Waals surface area contributed by atoms with E-state index < -0.39 is 5.97 Å². The summed E-state index contributed by atoms with van der Waals surface area (Å²) in [5.74, 6) is -0.864. The molecule has 0 spiro atoms. The van der Waals surface area contributed by atoms with Crippen LogP contribution in [0.15, 0.2) is 0 Å². The number of nitrogens with two attached hydrogens (primary N) is 1. The maximum atomic E-state index is 9.00. The maximum absolute atomic E-state index is 9.00. The summed E-state index contributed by atoms with van der Waals surface area (Å²) in [5, 5.41) is 24.2. The number of hydrogen-bond acceptors (Lipinski definition) is 4. The Hall–Kier alpha value is -1.83. The molecule has 0 radical (unpaired) electrons. The summed E-state index contributed by atoms with van der Waals surface area (Å²) >= 11 is 0. The number of hydrogen-bond donors (Lipinski definition) is 5. The molecule has 0 unspecified atom stereocenters. The smallest absolute Gasteiger partial charge is 0.300 e. The van der Waals surface area contributed by atoms with Gasteiger partial charge < -0.3 is 20.5 Å². The fourth-order valence-corrected chi connectivity index (χ4v) is 0.994. The zero-order valence-electron chi connectivity index (χ0n) is 9.12. The van der Waals surface area contributed by atoms with Crippen molar-refractivity contribution in [2.45, 2.75) is 6.92 Å². The third-order valence-electron chi connectivity index (χ3n) is 1.58. The minimum absolute atomic E-state index is 0.172. The van der Waals surface area contributed by atoms with Gasteiger partial charge in [0.2, 0.25) is 0 Å². The lowest BCUT2D eigenvalue weighted by molar-refractivity contribution is -0.134. The zero-order chi connectivity index (χ0) is 12.6. The average molecular weight is 231 g/mol. The minimum Gasteiger partial charge on any atom is -0.481 e. The molecule has 0 aromatic rings. The Balaban J connectivity index is 0.000000487. The Labute approximate surface area is 93.4 Å². The van der Waals surface area contributed by atoms with Crippen molar-refractivity contribution in [3.63, 3.8) is 0 Å². The van der Waals surface area contributed by atoms with E-state index in [2.05, 4.69) is 5.32 Å². The van der Waals surface area contributed by atoms with E-state index in [-0.39, 0.29) is 11.9 Å². The molecule has 6 N–H and O–H groups in total. The van der Waals surface area contributed by atoms with Crippen LogP contribution in [0.1, 0.15) is 6.92 Å². The molecule has 0 saturated carbocycles. The largest absolute Gasteiger partial charge is 0.481 e. The molecule has 0 amide bonds. The molecule has 1 heterocycles. The lowest BCUT2D eigenvalue weighted by atomic mass is 10.4. The van der Waals surface area contributed by atoms with Gasteiger partial charge in [-0.05, 0) is 0 Å². The van der Waals surface area contributed by atoms with E-state index in [1.54, 1.807) is 4.90 Å². The van der Waals surface area contributed by atoms with Gasteiger partial charge in [-0.3, -0.25) is 20.9 Å². The van der Waals surface area contributed by atoms with Gasteiger partial charge in [0.1, 0.15) is 0 Å². The molecule has 0 atom stereocenters. The first-order valence-electron chi connectivity index (χ1n) is 4.65. The summed E-state index contributed by atoms with van der Waals surface area (Å²) in [5.41, 5.74) is 5.07.